The van der Waals surface area contributed by atoms with E-state index in [1.165, 1.54) is 11.1 Å². The zero-order valence-electron chi connectivity index (χ0n) is 12.8. The molecule has 2 N–H and O–H groups in total. The Morgan fingerprint density at radius 1 is 0.950 bits per heavy atom. The Morgan fingerprint density at radius 2 is 1.65 bits per heavy atom. The van der Waals surface area contributed by atoms with Gasteiger partial charge in [-0.1, -0.05) is 12.1 Å². The van der Waals surface area contributed by atoms with Crippen LogP contribution < -0.4 is 10.6 Å². The molecule has 0 unspecified atom stereocenters. The molecule has 1 aromatic heterocycles. The Hall–Kier alpha value is -2.10. The van der Waals surface area contributed by atoms with E-state index in [-0.39, 0.29) is 0 Å². The van der Waals surface area contributed by atoms with Gasteiger partial charge in [-0.2, -0.15) is 0 Å². The van der Waals surface area contributed by atoms with Crippen LogP contribution in [0.25, 0.3) is 0 Å². The summed E-state index contributed by atoms with van der Waals surface area (Å²) in [5, 5.41) is 6.71. The largest absolute Gasteiger partial charge is 0.370 e. The van der Waals surface area contributed by atoms with Crippen molar-refractivity contribution in [2.24, 2.45) is 0 Å². The van der Waals surface area contributed by atoms with Gasteiger partial charge in [-0.05, 0) is 51.8 Å². The molecule has 1 heterocycles. The van der Waals surface area contributed by atoms with Crippen LogP contribution in [0.1, 0.15) is 29.4 Å². The lowest BCUT2D eigenvalue weighted by Crippen LogP contribution is -2.08. The third kappa shape index (κ3) is 2.90. The van der Waals surface area contributed by atoms with Gasteiger partial charge in [0.15, 0.2) is 0 Å². The second kappa shape index (κ2) is 5.90. The summed E-state index contributed by atoms with van der Waals surface area (Å²) in [4.78, 5) is 8.96. The first-order valence-corrected chi connectivity index (χ1v) is 6.95. The van der Waals surface area contributed by atoms with Gasteiger partial charge in [0.1, 0.15) is 17.5 Å². The van der Waals surface area contributed by atoms with E-state index in [0.29, 0.717) is 0 Å². The van der Waals surface area contributed by atoms with Crippen molar-refractivity contribution < 1.29 is 0 Å². The van der Waals surface area contributed by atoms with Gasteiger partial charge in [0.25, 0.3) is 0 Å². The van der Waals surface area contributed by atoms with E-state index in [1.54, 1.807) is 0 Å². The smallest absolute Gasteiger partial charge is 0.139 e. The average molecular weight is 270 g/mol. The number of benzene rings is 1. The zero-order valence-corrected chi connectivity index (χ0v) is 12.8. The average Bonchev–Trinajstić information content (AvgIpc) is 2.40. The van der Waals surface area contributed by atoms with Crippen LogP contribution in [0, 0.1) is 27.7 Å². The number of nitrogens with zero attached hydrogens (tertiary/aromatic N) is 2. The summed E-state index contributed by atoms with van der Waals surface area (Å²) in [6.45, 7) is 11.1. The van der Waals surface area contributed by atoms with Crippen LogP contribution in [0.5, 0.6) is 0 Å². The van der Waals surface area contributed by atoms with E-state index in [2.05, 4.69) is 59.6 Å². The van der Waals surface area contributed by atoms with Crippen LogP contribution in [-0.4, -0.2) is 16.5 Å². The van der Waals surface area contributed by atoms with Crippen molar-refractivity contribution in [1.82, 2.24) is 9.97 Å². The Kier molecular flexibility index (Phi) is 4.23. The highest BCUT2D eigenvalue weighted by molar-refractivity contribution is 5.67. The first-order valence-electron chi connectivity index (χ1n) is 6.95. The summed E-state index contributed by atoms with van der Waals surface area (Å²) in [6, 6.07) is 6.24. The number of rotatable bonds is 4. The number of hydrogen-bond acceptors (Lipinski definition) is 4. The Morgan fingerprint density at radius 3 is 2.35 bits per heavy atom. The lowest BCUT2D eigenvalue weighted by Gasteiger charge is -2.15. The predicted octanol–water partition coefficient (Wildman–Crippen LogP) is 3.89. The van der Waals surface area contributed by atoms with E-state index in [4.69, 9.17) is 0 Å². The zero-order chi connectivity index (χ0) is 14.7. The standard InChI is InChI=1S/C16H22N4/c1-6-17-15-12(4)16(19-13(5)18-15)20-14-9-7-8-10(2)11(14)3/h7-9H,6H2,1-5H3,(H2,17,18,19,20). The minimum absolute atomic E-state index is 0.763. The van der Waals surface area contributed by atoms with Crippen molar-refractivity contribution in [3.05, 3.63) is 40.7 Å². The Labute approximate surface area is 120 Å². The molecule has 0 bridgehead atoms. The molecule has 106 valence electrons. The second-order valence-electron chi connectivity index (χ2n) is 5.00. The normalized spacial score (nSPS) is 10.4. The van der Waals surface area contributed by atoms with Gasteiger partial charge < -0.3 is 10.6 Å². The second-order valence-corrected chi connectivity index (χ2v) is 5.00. The van der Waals surface area contributed by atoms with Gasteiger partial charge in [0.05, 0.1) is 0 Å². The lowest BCUT2D eigenvalue weighted by molar-refractivity contribution is 1.02. The fourth-order valence-electron chi connectivity index (χ4n) is 2.10. The van der Waals surface area contributed by atoms with Gasteiger partial charge in [-0.3, -0.25) is 0 Å². The van der Waals surface area contributed by atoms with Crippen LogP contribution >= 0.6 is 0 Å². The van der Waals surface area contributed by atoms with E-state index in [1.807, 2.05) is 13.8 Å². The van der Waals surface area contributed by atoms with Crippen molar-refractivity contribution in [3.63, 3.8) is 0 Å². The minimum Gasteiger partial charge on any atom is -0.370 e. The highest BCUT2D eigenvalue weighted by Gasteiger charge is 2.10. The summed E-state index contributed by atoms with van der Waals surface area (Å²) < 4.78 is 0. The molecule has 0 fully saturated rings. The number of nitrogens with one attached hydrogen (secondary N) is 2. The molecule has 20 heavy (non-hydrogen) atoms. The fraction of sp³-hybridized carbons (Fsp3) is 0.375. The number of hydrogen-bond donors (Lipinski definition) is 2. The van der Waals surface area contributed by atoms with Crippen molar-refractivity contribution in [2.75, 3.05) is 17.2 Å². The number of anilines is 3. The maximum Gasteiger partial charge on any atom is 0.139 e. The molecule has 2 aromatic rings. The molecule has 0 atom stereocenters. The number of aromatic nitrogens is 2. The number of aryl methyl sites for hydroxylation is 2. The quantitative estimate of drug-likeness (QED) is 0.885. The predicted molar refractivity (Wildman–Crippen MR) is 84.9 cm³/mol. The molecule has 0 aliphatic rings. The highest BCUT2D eigenvalue weighted by atomic mass is 15.1. The molecule has 4 nitrogen and oxygen atoms in total. The monoisotopic (exact) mass is 270 g/mol. The van der Waals surface area contributed by atoms with Crippen LogP contribution in [0.2, 0.25) is 0 Å². The maximum atomic E-state index is 4.52. The molecule has 0 saturated carbocycles. The third-order valence-electron chi connectivity index (χ3n) is 3.46. The summed E-state index contributed by atoms with van der Waals surface area (Å²) in [5.41, 5.74) is 4.64. The molecule has 0 radical (unpaired) electrons. The van der Waals surface area contributed by atoms with Gasteiger partial charge in [0, 0.05) is 17.8 Å². The topological polar surface area (TPSA) is 49.8 Å². The summed E-state index contributed by atoms with van der Waals surface area (Å²) >= 11 is 0. The van der Waals surface area contributed by atoms with Crippen molar-refractivity contribution in [1.29, 1.82) is 0 Å². The van der Waals surface area contributed by atoms with Gasteiger partial charge >= 0.3 is 0 Å². The van der Waals surface area contributed by atoms with E-state index < -0.39 is 0 Å². The van der Waals surface area contributed by atoms with E-state index >= 15 is 0 Å². The molecule has 2 rings (SSSR count). The molecule has 0 spiro atoms. The van der Waals surface area contributed by atoms with Crippen LogP contribution in [0.3, 0.4) is 0 Å². The van der Waals surface area contributed by atoms with Crippen molar-refractivity contribution in [2.45, 2.75) is 34.6 Å². The summed E-state index contributed by atoms with van der Waals surface area (Å²) in [6.07, 6.45) is 0. The van der Waals surface area contributed by atoms with Crippen molar-refractivity contribution >= 4 is 17.3 Å². The highest BCUT2D eigenvalue weighted by Crippen LogP contribution is 2.26. The molecule has 0 amide bonds. The Balaban J connectivity index is 2.40. The SMILES string of the molecule is CCNc1nc(C)nc(Nc2cccc(C)c2C)c1C. The maximum absolute atomic E-state index is 4.52. The molecule has 4 heteroatoms. The van der Waals surface area contributed by atoms with Crippen LogP contribution in [-0.2, 0) is 0 Å². The van der Waals surface area contributed by atoms with Gasteiger partial charge in [0.2, 0.25) is 0 Å². The molecular weight excluding hydrogens is 248 g/mol. The third-order valence-corrected chi connectivity index (χ3v) is 3.46. The lowest BCUT2D eigenvalue weighted by atomic mass is 10.1. The molecule has 0 saturated heterocycles. The van der Waals surface area contributed by atoms with E-state index in [9.17, 15) is 0 Å². The van der Waals surface area contributed by atoms with Crippen molar-refractivity contribution in [3.8, 4) is 0 Å². The van der Waals surface area contributed by atoms with Gasteiger partial charge in [-0.25, -0.2) is 9.97 Å². The van der Waals surface area contributed by atoms with Crippen LogP contribution in [0.4, 0.5) is 17.3 Å². The molecule has 0 aliphatic heterocycles. The first kappa shape index (κ1) is 14.3. The summed E-state index contributed by atoms with van der Waals surface area (Å²) in [7, 11) is 0. The Bertz CT molecular complexity index is 620. The first-order chi connectivity index (χ1) is 9.52. The molecule has 1 aromatic carbocycles. The van der Waals surface area contributed by atoms with Gasteiger partial charge in [-0.15, -0.1) is 0 Å². The molecular formula is C16H22N4. The van der Waals surface area contributed by atoms with Crippen LogP contribution in [0.15, 0.2) is 18.2 Å². The fourth-order valence-corrected chi connectivity index (χ4v) is 2.10. The summed E-state index contributed by atoms with van der Waals surface area (Å²) in [5.74, 6) is 2.52. The minimum atomic E-state index is 0.763. The molecule has 0 aliphatic carbocycles. The van der Waals surface area contributed by atoms with E-state index in [0.717, 1.165) is 35.3 Å².